The summed E-state index contributed by atoms with van der Waals surface area (Å²) in [6.07, 6.45) is 3.05. The molecule has 1 unspecified atom stereocenters. The molecule has 0 radical (unpaired) electrons. The van der Waals surface area contributed by atoms with Crippen LogP contribution >= 0.6 is 11.3 Å². The van der Waals surface area contributed by atoms with Gasteiger partial charge in [0.15, 0.2) is 0 Å². The van der Waals surface area contributed by atoms with E-state index >= 15 is 0 Å². The molecular weight excluding hydrogens is 458 g/mol. The van der Waals surface area contributed by atoms with Crippen LogP contribution in [0.4, 0.5) is 5.69 Å². The summed E-state index contributed by atoms with van der Waals surface area (Å²) in [6, 6.07) is 17.9. The van der Waals surface area contributed by atoms with Gasteiger partial charge in [-0.25, -0.2) is 0 Å². The van der Waals surface area contributed by atoms with E-state index in [9.17, 15) is 14.4 Å². The fourth-order valence-electron chi connectivity index (χ4n) is 4.37. The maximum Gasteiger partial charge on any atom is 0.261 e. The SMILES string of the molecule is CC(C)(C)NC(=O)C(c1ccccc1)N(C(=O)CNC(=O)c1cccs1)c1ccc2c(c1)CCC2. The summed E-state index contributed by atoms with van der Waals surface area (Å²) >= 11 is 1.31. The number of anilines is 1. The van der Waals surface area contributed by atoms with E-state index in [-0.39, 0.29) is 24.3 Å². The zero-order valence-corrected chi connectivity index (χ0v) is 21.2. The number of nitrogens with one attached hydrogen (secondary N) is 2. The van der Waals surface area contributed by atoms with Crippen LogP contribution in [0.2, 0.25) is 0 Å². The van der Waals surface area contributed by atoms with Gasteiger partial charge in [0.05, 0.1) is 11.4 Å². The molecule has 1 aliphatic carbocycles. The fourth-order valence-corrected chi connectivity index (χ4v) is 5.01. The molecule has 0 bridgehead atoms. The van der Waals surface area contributed by atoms with Gasteiger partial charge in [0.2, 0.25) is 11.8 Å². The van der Waals surface area contributed by atoms with E-state index in [0.717, 1.165) is 19.3 Å². The van der Waals surface area contributed by atoms with Gasteiger partial charge < -0.3 is 10.6 Å². The molecule has 1 aliphatic rings. The molecule has 0 aliphatic heterocycles. The summed E-state index contributed by atoms with van der Waals surface area (Å²) in [4.78, 5) is 42.0. The van der Waals surface area contributed by atoms with Crippen LogP contribution in [-0.2, 0) is 22.4 Å². The second-order valence-corrected chi connectivity index (χ2v) is 10.7. The lowest BCUT2D eigenvalue weighted by molar-refractivity contribution is -0.127. The Balaban J connectivity index is 1.72. The number of carbonyl (C=O) groups is 3. The van der Waals surface area contributed by atoms with Gasteiger partial charge in [-0.2, -0.15) is 0 Å². The van der Waals surface area contributed by atoms with Gasteiger partial charge in [-0.1, -0.05) is 42.5 Å². The third-order valence-electron chi connectivity index (χ3n) is 5.89. The van der Waals surface area contributed by atoms with Crippen molar-refractivity contribution in [3.8, 4) is 0 Å². The van der Waals surface area contributed by atoms with Crippen molar-refractivity contribution in [1.82, 2.24) is 10.6 Å². The molecule has 3 aromatic rings. The quantitative estimate of drug-likeness (QED) is 0.507. The first-order chi connectivity index (χ1) is 16.7. The molecule has 0 saturated carbocycles. The first-order valence-corrected chi connectivity index (χ1v) is 12.7. The van der Waals surface area contributed by atoms with E-state index in [4.69, 9.17) is 0 Å². The maximum absolute atomic E-state index is 13.7. The van der Waals surface area contributed by atoms with Crippen molar-refractivity contribution in [2.45, 2.75) is 51.6 Å². The third kappa shape index (κ3) is 5.98. The van der Waals surface area contributed by atoms with E-state index in [1.165, 1.54) is 27.4 Å². The molecule has 4 rings (SSSR count). The molecule has 182 valence electrons. The highest BCUT2D eigenvalue weighted by molar-refractivity contribution is 7.12. The first kappa shape index (κ1) is 24.7. The summed E-state index contributed by atoms with van der Waals surface area (Å²) in [7, 11) is 0. The van der Waals surface area contributed by atoms with Crippen LogP contribution in [0.1, 0.15) is 59.6 Å². The van der Waals surface area contributed by atoms with Crippen LogP contribution in [0.5, 0.6) is 0 Å². The molecule has 2 N–H and O–H groups in total. The third-order valence-corrected chi connectivity index (χ3v) is 6.76. The molecule has 0 fully saturated rings. The average Bonchev–Trinajstić information content (AvgIpc) is 3.52. The monoisotopic (exact) mass is 489 g/mol. The lowest BCUT2D eigenvalue weighted by Crippen LogP contribution is -2.51. The zero-order chi connectivity index (χ0) is 25.0. The molecule has 2 aromatic carbocycles. The Bertz CT molecular complexity index is 1200. The van der Waals surface area contributed by atoms with Crippen molar-refractivity contribution in [3.05, 3.63) is 87.6 Å². The number of fused-ring (bicyclic) bond motifs is 1. The van der Waals surface area contributed by atoms with Crippen LogP contribution in [0.3, 0.4) is 0 Å². The second kappa shape index (κ2) is 10.4. The van der Waals surface area contributed by atoms with E-state index in [1.54, 1.807) is 12.1 Å². The Morgan fingerprint density at radius 1 is 0.971 bits per heavy atom. The predicted octanol–water partition coefficient (Wildman–Crippen LogP) is 4.66. The number of hydrogen-bond acceptors (Lipinski definition) is 4. The number of nitrogens with zero attached hydrogens (tertiary/aromatic N) is 1. The van der Waals surface area contributed by atoms with Crippen LogP contribution in [0, 0.1) is 0 Å². The Labute approximate surface area is 210 Å². The Morgan fingerprint density at radius 2 is 1.71 bits per heavy atom. The van der Waals surface area contributed by atoms with Crippen molar-refractivity contribution >= 4 is 34.7 Å². The second-order valence-electron chi connectivity index (χ2n) is 9.78. The lowest BCUT2D eigenvalue weighted by Gasteiger charge is -2.34. The van der Waals surface area contributed by atoms with Crippen molar-refractivity contribution in [2.24, 2.45) is 0 Å². The normalized spacial score (nSPS) is 13.6. The van der Waals surface area contributed by atoms with Crippen LogP contribution < -0.4 is 15.5 Å². The summed E-state index contributed by atoms with van der Waals surface area (Å²) in [5.41, 5.74) is 3.35. The maximum atomic E-state index is 13.7. The highest BCUT2D eigenvalue weighted by Crippen LogP contribution is 2.32. The summed E-state index contributed by atoms with van der Waals surface area (Å²) in [6.45, 7) is 5.52. The van der Waals surface area contributed by atoms with Gasteiger partial charge in [-0.3, -0.25) is 19.3 Å². The number of amides is 3. The first-order valence-electron chi connectivity index (χ1n) is 11.9. The standard InChI is InChI=1S/C28H31N3O3S/c1-28(2,3)30-27(34)25(20-9-5-4-6-10-20)31(22-15-14-19-11-7-12-21(19)17-22)24(32)18-29-26(33)23-13-8-16-35-23/h4-6,8-10,13-17,25H,7,11-12,18H2,1-3H3,(H,29,33)(H,30,34). The molecule has 1 atom stereocenters. The summed E-state index contributed by atoms with van der Waals surface area (Å²) < 4.78 is 0. The Kier molecular flexibility index (Phi) is 7.36. The van der Waals surface area contributed by atoms with E-state index in [0.29, 0.717) is 16.1 Å². The molecule has 1 heterocycles. The minimum Gasteiger partial charge on any atom is -0.349 e. The Hall–Kier alpha value is -3.45. The molecule has 7 heteroatoms. The highest BCUT2D eigenvalue weighted by atomic mass is 32.1. The molecule has 0 saturated heterocycles. The molecule has 35 heavy (non-hydrogen) atoms. The van der Waals surface area contributed by atoms with Crippen molar-refractivity contribution in [1.29, 1.82) is 0 Å². The van der Waals surface area contributed by atoms with Gasteiger partial charge in [0.1, 0.15) is 6.04 Å². The predicted molar refractivity (Wildman–Crippen MR) is 140 cm³/mol. The van der Waals surface area contributed by atoms with Gasteiger partial charge in [0.25, 0.3) is 5.91 Å². The van der Waals surface area contributed by atoms with Crippen LogP contribution in [0.15, 0.2) is 66.0 Å². The number of hydrogen-bond donors (Lipinski definition) is 2. The summed E-state index contributed by atoms with van der Waals surface area (Å²) in [5, 5.41) is 7.59. The fraction of sp³-hybridized carbons (Fsp3) is 0.321. The minimum absolute atomic E-state index is 0.222. The topological polar surface area (TPSA) is 78.5 Å². The number of benzene rings is 2. The van der Waals surface area contributed by atoms with E-state index in [1.807, 2.05) is 74.7 Å². The van der Waals surface area contributed by atoms with Crippen LogP contribution in [-0.4, -0.2) is 29.8 Å². The molecule has 6 nitrogen and oxygen atoms in total. The number of rotatable bonds is 7. The smallest absolute Gasteiger partial charge is 0.261 e. The molecule has 1 aromatic heterocycles. The number of thiophene rings is 1. The van der Waals surface area contributed by atoms with E-state index in [2.05, 4.69) is 10.6 Å². The van der Waals surface area contributed by atoms with Gasteiger partial charge in [0, 0.05) is 11.2 Å². The minimum atomic E-state index is -0.888. The van der Waals surface area contributed by atoms with Gasteiger partial charge >= 0.3 is 0 Å². The van der Waals surface area contributed by atoms with Gasteiger partial charge in [-0.05, 0) is 80.3 Å². The molecule has 3 amide bonds. The Morgan fingerprint density at radius 3 is 2.40 bits per heavy atom. The van der Waals surface area contributed by atoms with Crippen molar-refractivity contribution in [3.63, 3.8) is 0 Å². The van der Waals surface area contributed by atoms with Crippen LogP contribution in [0.25, 0.3) is 0 Å². The lowest BCUT2D eigenvalue weighted by atomic mass is 10.00. The largest absolute Gasteiger partial charge is 0.349 e. The van der Waals surface area contributed by atoms with Crippen molar-refractivity contribution in [2.75, 3.05) is 11.4 Å². The van der Waals surface area contributed by atoms with Gasteiger partial charge in [-0.15, -0.1) is 11.3 Å². The molecular formula is C28H31N3O3S. The number of carbonyl (C=O) groups excluding carboxylic acids is 3. The molecule has 0 spiro atoms. The zero-order valence-electron chi connectivity index (χ0n) is 20.3. The van der Waals surface area contributed by atoms with Crippen molar-refractivity contribution < 1.29 is 14.4 Å². The van der Waals surface area contributed by atoms with E-state index < -0.39 is 11.6 Å². The summed E-state index contributed by atoms with van der Waals surface area (Å²) in [5.74, 6) is -0.939. The number of aryl methyl sites for hydroxylation is 2. The average molecular weight is 490 g/mol. The highest BCUT2D eigenvalue weighted by Gasteiger charge is 2.35.